The summed E-state index contributed by atoms with van der Waals surface area (Å²) in [7, 11) is 0. The van der Waals surface area contributed by atoms with Crippen LogP contribution in [0.3, 0.4) is 0 Å². The van der Waals surface area contributed by atoms with E-state index >= 15 is 0 Å². The van der Waals surface area contributed by atoms with E-state index in [-0.39, 0.29) is 10.6 Å². The van der Waals surface area contributed by atoms with E-state index in [2.05, 4.69) is 15.2 Å². The van der Waals surface area contributed by atoms with Crippen LogP contribution in [0.5, 0.6) is 0 Å². The molecule has 1 saturated heterocycles. The van der Waals surface area contributed by atoms with E-state index in [9.17, 15) is 10.1 Å². The van der Waals surface area contributed by atoms with Gasteiger partial charge in [0.05, 0.1) is 4.92 Å². The Bertz CT molecular complexity index is 509. The number of para-hydroxylation sites is 1. The first-order chi connectivity index (χ1) is 9.70. The highest BCUT2D eigenvalue weighted by atomic mass is 16.6. The second-order valence-corrected chi connectivity index (χ2v) is 5.33. The van der Waals surface area contributed by atoms with Crippen LogP contribution in [0.4, 0.5) is 17.1 Å². The van der Waals surface area contributed by atoms with Crippen molar-refractivity contribution >= 4 is 17.1 Å². The highest BCUT2D eigenvalue weighted by Gasteiger charge is 2.33. The lowest BCUT2D eigenvalue weighted by molar-refractivity contribution is -0.383. The smallest absolute Gasteiger partial charge is 0.316 e. The van der Waals surface area contributed by atoms with Gasteiger partial charge in [-0.3, -0.25) is 20.9 Å². The predicted octanol–water partition coefficient (Wildman–Crippen LogP) is 1.16. The van der Waals surface area contributed by atoms with Gasteiger partial charge < -0.3 is 10.3 Å². The number of anilines is 2. The molecule has 3 N–H and O–H groups in total. The van der Waals surface area contributed by atoms with E-state index in [1.54, 1.807) is 18.2 Å². The van der Waals surface area contributed by atoms with Crippen molar-refractivity contribution in [3.05, 3.63) is 28.3 Å². The van der Waals surface area contributed by atoms with Crippen molar-refractivity contribution in [2.45, 2.75) is 18.9 Å². The molecular weight excluding hydrogens is 258 g/mol. The molecule has 7 nitrogen and oxygen atoms in total. The number of hydrazine groups is 1. The summed E-state index contributed by atoms with van der Waals surface area (Å²) in [5.41, 5.74) is 3.49. The van der Waals surface area contributed by atoms with Gasteiger partial charge in [0.2, 0.25) is 0 Å². The maximum absolute atomic E-state index is 11.3. The summed E-state index contributed by atoms with van der Waals surface area (Å²) in [6, 6.07) is 5.97. The molecule has 0 spiro atoms. The van der Waals surface area contributed by atoms with E-state index in [1.165, 1.54) is 12.8 Å². The number of hydrogen-bond donors (Lipinski definition) is 2. The molecule has 2 aliphatic rings. The molecular formula is C13H19N5O2. The van der Waals surface area contributed by atoms with Gasteiger partial charge in [0, 0.05) is 32.2 Å². The van der Waals surface area contributed by atoms with Crippen LogP contribution in [0, 0.1) is 10.1 Å². The molecule has 1 aromatic carbocycles. The zero-order valence-electron chi connectivity index (χ0n) is 11.3. The average molecular weight is 277 g/mol. The maximum Gasteiger partial charge on any atom is 0.316 e. The second-order valence-electron chi connectivity index (χ2n) is 5.33. The molecule has 0 unspecified atom stereocenters. The van der Waals surface area contributed by atoms with Gasteiger partial charge in [0.15, 0.2) is 0 Å². The molecule has 2 fully saturated rings. The van der Waals surface area contributed by atoms with Gasteiger partial charge >= 0.3 is 5.69 Å². The molecule has 108 valence electrons. The Balaban J connectivity index is 1.81. The summed E-state index contributed by atoms with van der Waals surface area (Å²) < 4.78 is 0. The third-order valence-corrected chi connectivity index (χ3v) is 4.07. The Morgan fingerprint density at radius 2 is 1.95 bits per heavy atom. The fourth-order valence-electron chi connectivity index (χ4n) is 2.86. The lowest BCUT2D eigenvalue weighted by Crippen LogP contribution is -2.47. The Morgan fingerprint density at radius 1 is 1.25 bits per heavy atom. The number of nitrogens with two attached hydrogens (primary N) is 1. The van der Waals surface area contributed by atoms with E-state index < -0.39 is 0 Å². The zero-order valence-corrected chi connectivity index (χ0v) is 11.3. The summed E-state index contributed by atoms with van der Waals surface area (Å²) in [5.74, 6) is 5.38. The standard InChI is InChI=1S/C13H19N5O2/c14-15-11-2-1-3-12(13(11)18(19)20)17-8-6-16(7-9-17)10-4-5-10/h1-3,10,15H,4-9,14H2. The van der Waals surface area contributed by atoms with Crippen molar-refractivity contribution in [2.75, 3.05) is 36.5 Å². The van der Waals surface area contributed by atoms with Gasteiger partial charge in [0.25, 0.3) is 0 Å². The summed E-state index contributed by atoms with van der Waals surface area (Å²) in [5, 5.41) is 11.3. The minimum absolute atomic E-state index is 0.0647. The molecule has 3 rings (SSSR count). The minimum Gasteiger partial charge on any atom is -0.363 e. The Labute approximate surface area is 117 Å². The topological polar surface area (TPSA) is 87.7 Å². The molecule has 20 heavy (non-hydrogen) atoms. The molecule has 0 bridgehead atoms. The number of hydrogen-bond acceptors (Lipinski definition) is 6. The SMILES string of the molecule is NNc1cccc(N2CCN(C3CC3)CC2)c1[N+](=O)[O-]. The normalized spacial score (nSPS) is 19.9. The van der Waals surface area contributed by atoms with Crippen LogP contribution < -0.4 is 16.2 Å². The zero-order chi connectivity index (χ0) is 14.1. The molecule has 7 heteroatoms. The van der Waals surface area contributed by atoms with E-state index in [0.29, 0.717) is 11.4 Å². The summed E-state index contributed by atoms with van der Waals surface area (Å²) >= 11 is 0. The molecule has 1 heterocycles. The van der Waals surface area contributed by atoms with Crippen molar-refractivity contribution in [1.29, 1.82) is 0 Å². The number of nitrogens with zero attached hydrogens (tertiary/aromatic N) is 3. The second kappa shape index (κ2) is 5.26. The van der Waals surface area contributed by atoms with Crippen molar-refractivity contribution < 1.29 is 4.92 Å². The first kappa shape index (κ1) is 13.1. The Hall–Kier alpha value is -1.86. The van der Waals surface area contributed by atoms with E-state index in [0.717, 1.165) is 32.2 Å². The molecule has 0 radical (unpaired) electrons. The van der Waals surface area contributed by atoms with Crippen molar-refractivity contribution in [1.82, 2.24) is 4.90 Å². The van der Waals surface area contributed by atoms with E-state index in [4.69, 9.17) is 5.84 Å². The van der Waals surface area contributed by atoms with Crippen LogP contribution in [0.1, 0.15) is 12.8 Å². The van der Waals surface area contributed by atoms with Gasteiger partial charge in [0.1, 0.15) is 11.4 Å². The monoisotopic (exact) mass is 277 g/mol. The van der Waals surface area contributed by atoms with E-state index in [1.807, 2.05) is 0 Å². The van der Waals surface area contributed by atoms with Gasteiger partial charge in [-0.05, 0) is 25.0 Å². The van der Waals surface area contributed by atoms with Gasteiger partial charge in [-0.2, -0.15) is 0 Å². The highest BCUT2D eigenvalue weighted by Crippen LogP contribution is 2.36. The number of piperazine rings is 1. The van der Waals surface area contributed by atoms with Crippen LogP contribution in [0.15, 0.2) is 18.2 Å². The first-order valence-electron chi connectivity index (χ1n) is 6.93. The molecule has 1 saturated carbocycles. The number of nitrogens with one attached hydrogen (secondary N) is 1. The van der Waals surface area contributed by atoms with Gasteiger partial charge in [-0.25, -0.2) is 0 Å². The van der Waals surface area contributed by atoms with Crippen molar-refractivity contribution in [3.63, 3.8) is 0 Å². The minimum atomic E-state index is -0.363. The van der Waals surface area contributed by atoms with Crippen LogP contribution in [0.25, 0.3) is 0 Å². The van der Waals surface area contributed by atoms with Crippen molar-refractivity contribution in [3.8, 4) is 0 Å². The predicted molar refractivity (Wildman–Crippen MR) is 77.7 cm³/mol. The van der Waals surface area contributed by atoms with Crippen LogP contribution in [-0.2, 0) is 0 Å². The third kappa shape index (κ3) is 2.41. The molecule has 0 amide bonds. The van der Waals surface area contributed by atoms with Crippen molar-refractivity contribution in [2.24, 2.45) is 5.84 Å². The molecule has 0 atom stereocenters. The lowest BCUT2D eigenvalue weighted by atomic mass is 10.2. The number of nitrogen functional groups attached to an aromatic ring is 1. The van der Waals surface area contributed by atoms with Gasteiger partial charge in [-0.15, -0.1) is 0 Å². The fourth-order valence-corrected chi connectivity index (χ4v) is 2.86. The summed E-state index contributed by atoms with van der Waals surface area (Å²) in [6.07, 6.45) is 2.60. The fraction of sp³-hybridized carbons (Fsp3) is 0.538. The third-order valence-electron chi connectivity index (χ3n) is 4.07. The maximum atomic E-state index is 11.3. The van der Waals surface area contributed by atoms with Crippen LogP contribution >= 0.6 is 0 Å². The largest absolute Gasteiger partial charge is 0.363 e. The number of rotatable bonds is 4. The number of benzene rings is 1. The first-order valence-corrected chi connectivity index (χ1v) is 6.93. The highest BCUT2D eigenvalue weighted by molar-refractivity contribution is 5.76. The quantitative estimate of drug-likeness (QED) is 0.488. The van der Waals surface area contributed by atoms with Crippen LogP contribution in [0.2, 0.25) is 0 Å². The molecule has 1 aliphatic carbocycles. The summed E-state index contributed by atoms with van der Waals surface area (Å²) in [4.78, 5) is 15.5. The van der Waals surface area contributed by atoms with Crippen LogP contribution in [-0.4, -0.2) is 42.0 Å². The van der Waals surface area contributed by atoms with Gasteiger partial charge in [-0.1, -0.05) is 6.07 Å². The molecule has 1 aromatic rings. The lowest BCUT2D eigenvalue weighted by Gasteiger charge is -2.36. The Kier molecular flexibility index (Phi) is 3.45. The molecule has 1 aliphatic heterocycles. The molecule has 0 aromatic heterocycles. The number of nitro groups is 1. The summed E-state index contributed by atoms with van der Waals surface area (Å²) in [6.45, 7) is 3.60. The average Bonchev–Trinajstić information content (AvgIpc) is 3.31. The Morgan fingerprint density at radius 3 is 2.50 bits per heavy atom. The number of nitro benzene ring substituents is 1.